The Morgan fingerprint density at radius 1 is 1.00 bits per heavy atom. The van der Waals surface area contributed by atoms with Crippen LogP contribution in [0.1, 0.15) is 29.3 Å². The van der Waals surface area contributed by atoms with Crippen molar-refractivity contribution in [3.8, 4) is 0 Å². The molecule has 0 amide bonds. The van der Waals surface area contributed by atoms with Gasteiger partial charge in [0.05, 0.1) is 0 Å². The van der Waals surface area contributed by atoms with Gasteiger partial charge in [0.15, 0.2) is 5.78 Å². The SMILES string of the molecule is [CH2]CC(C(=O)c1ccc(F)cc1)=C(C)c1ccccc1. The Kier molecular flexibility index (Phi) is 4.46. The van der Waals surface area contributed by atoms with E-state index in [4.69, 9.17) is 0 Å². The van der Waals surface area contributed by atoms with Crippen LogP contribution in [0.5, 0.6) is 0 Å². The van der Waals surface area contributed by atoms with Crippen molar-refractivity contribution in [2.45, 2.75) is 13.3 Å². The second-order valence-corrected chi connectivity index (χ2v) is 4.56. The van der Waals surface area contributed by atoms with Crippen LogP contribution in [0.15, 0.2) is 60.2 Å². The van der Waals surface area contributed by atoms with Gasteiger partial charge in [-0.2, -0.15) is 0 Å². The summed E-state index contributed by atoms with van der Waals surface area (Å²) in [4.78, 5) is 12.5. The highest BCUT2D eigenvalue weighted by Gasteiger charge is 2.14. The number of benzene rings is 2. The van der Waals surface area contributed by atoms with Crippen LogP contribution < -0.4 is 0 Å². The van der Waals surface area contributed by atoms with Crippen molar-refractivity contribution in [3.05, 3.63) is 84.0 Å². The summed E-state index contributed by atoms with van der Waals surface area (Å²) in [5, 5.41) is 0. The van der Waals surface area contributed by atoms with Crippen LogP contribution in [0.4, 0.5) is 4.39 Å². The Morgan fingerprint density at radius 3 is 2.15 bits per heavy atom. The molecule has 0 unspecified atom stereocenters. The normalized spacial score (nSPS) is 11.9. The maximum Gasteiger partial charge on any atom is 0.189 e. The first kappa shape index (κ1) is 14.2. The van der Waals surface area contributed by atoms with Crippen molar-refractivity contribution in [2.24, 2.45) is 0 Å². The first-order valence-corrected chi connectivity index (χ1v) is 6.48. The third-order valence-electron chi connectivity index (χ3n) is 3.29. The molecule has 1 radical (unpaired) electrons. The van der Waals surface area contributed by atoms with Gasteiger partial charge in [-0.15, -0.1) is 0 Å². The van der Waals surface area contributed by atoms with E-state index in [-0.39, 0.29) is 11.6 Å². The average molecular weight is 267 g/mol. The fraction of sp³-hybridized carbons (Fsp3) is 0.111. The molecule has 0 aliphatic carbocycles. The highest BCUT2D eigenvalue weighted by Crippen LogP contribution is 2.23. The largest absolute Gasteiger partial charge is 0.289 e. The monoisotopic (exact) mass is 267 g/mol. The standard InChI is InChI=1S/C18H16FO/c1-3-17(13(2)14-7-5-4-6-8-14)18(20)15-9-11-16(19)12-10-15/h4-12H,1,3H2,2H3. The molecule has 0 N–H and O–H groups in total. The fourth-order valence-corrected chi connectivity index (χ4v) is 2.11. The predicted octanol–water partition coefficient (Wildman–Crippen LogP) is 4.71. The highest BCUT2D eigenvalue weighted by molar-refractivity contribution is 6.13. The number of carbonyl (C=O) groups is 1. The molecule has 2 aromatic rings. The lowest BCUT2D eigenvalue weighted by Gasteiger charge is -2.10. The van der Waals surface area contributed by atoms with Crippen molar-refractivity contribution in [1.82, 2.24) is 0 Å². The van der Waals surface area contributed by atoms with Crippen LogP contribution in [0.3, 0.4) is 0 Å². The second kappa shape index (κ2) is 6.29. The molecule has 0 aliphatic rings. The molecule has 0 atom stereocenters. The second-order valence-electron chi connectivity index (χ2n) is 4.56. The number of carbonyl (C=O) groups excluding carboxylic acids is 1. The van der Waals surface area contributed by atoms with Gasteiger partial charge in [0.25, 0.3) is 0 Å². The summed E-state index contributed by atoms with van der Waals surface area (Å²) in [5.74, 6) is -0.442. The minimum atomic E-state index is -0.346. The zero-order valence-electron chi connectivity index (χ0n) is 11.4. The Balaban J connectivity index is 2.41. The number of halogens is 1. The third-order valence-corrected chi connectivity index (χ3v) is 3.29. The van der Waals surface area contributed by atoms with E-state index in [1.54, 1.807) is 0 Å². The van der Waals surface area contributed by atoms with Gasteiger partial charge in [-0.05, 0) is 55.7 Å². The van der Waals surface area contributed by atoms with Crippen LogP contribution in [0, 0.1) is 12.7 Å². The number of Topliss-reactive ketones (excluding diaryl/α,β-unsaturated/α-hetero) is 1. The molecule has 0 heterocycles. The molecule has 0 saturated heterocycles. The van der Waals surface area contributed by atoms with Crippen molar-refractivity contribution in [2.75, 3.05) is 0 Å². The minimum Gasteiger partial charge on any atom is -0.289 e. The summed E-state index contributed by atoms with van der Waals surface area (Å²) >= 11 is 0. The third kappa shape index (κ3) is 3.02. The average Bonchev–Trinajstić information content (AvgIpc) is 2.49. The van der Waals surface area contributed by atoms with Gasteiger partial charge < -0.3 is 0 Å². The molecular formula is C18H16FO. The van der Waals surface area contributed by atoms with Gasteiger partial charge in [-0.25, -0.2) is 4.39 Å². The van der Waals surface area contributed by atoms with E-state index in [2.05, 4.69) is 6.92 Å². The number of allylic oxidation sites excluding steroid dienone is 2. The summed E-state index contributed by atoms with van der Waals surface area (Å²) in [6, 6.07) is 15.3. The Hall–Kier alpha value is -2.22. The molecule has 20 heavy (non-hydrogen) atoms. The predicted molar refractivity (Wildman–Crippen MR) is 79.7 cm³/mol. The lowest BCUT2D eigenvalue weighted by atomic mass is 9.93. The highest BCUT2D eigenvalue weighted by atomic mass is 19.1. The fourth-order valence-electron chi connectivity index (χ4n) is 2.11. The maximum atomic E-state index is 12.9. The minimum absolute atomic E-state index is 0.0960. The zero-order valence-corrected chi connectivity index (χ0v) is 11.4. The van der Waals surface area contributed by atoms with Gasteiger partial charge in [0.2, 0.25) is 0 Å². The van der Waals surface area contributed by atoms with Gasteiger partial charge in [-0.3, -0.25) is 4.79 Å². The van der Waals surface area contributed by atoms with Crippen LogP contribution in [-0.4, -0.2) is 5.78 Å². The van der Waals surface area contributed by atoms with E-state index in [0.717, 1.165) is 11.1 Å². The molecular weight excluding hydrogens is 251 g/mol. The summed E-state index contributed by atoms with van der Waals surface area (Å²) in [6.07, 6.45) is 0.400. The van der Waals surface area contributed by atoms with Crippen LogP contribution in [0.25, 0.3) is 5.57 Å². The van der Waals surface area contributed by atoms with E-state index in [0.29, 0.717) is 17.6 Å². The van der Waals surface area contributed by atoms with Crippen LogP contribution in [0.2, 0.25) is 0 Å². The molecule has 101 valence electrons. The lowest BCUT2D eigenvalue weighted by Crippen LogP contribution is -2.05. The smallest absolute Gasteiger partial charge is 0.189 e. The first-order chi connectivity index (χ1) is 9.63. The zero-order chi connectivity index (χ0) is 14.5. The summed E-state index contributed by atoms with van der Waals surface area (Å²) < 4.78 is 12.9. The number of hydrogen-bond acceptors (Lipinski definition) is 1. The van der Waals surface area contributed by atoms with E-state index >= 15 is 0 Å². The summed E-state index contributed by atoms with van der Waals surface area (Å²) in [5.41, 5.74) is 3.06. The molecule has 0 fully saturated rings. The van der Waals surface area contributed by atoms with E-state index in [1.165, 1.54) is 24.3 Å². The van der Waals surface area contributed by atoms with Gasteiger partial charge >= 0.3 is 0 Å². The van der Waals surface area contributed by atoms with Crippen molar-refractivity contribution < 1.29 is 9.18 Å². The van der Waals surface area contributed by atoms with E-state index < -0.39 is 0 Å². The Bertz CT molecular complexity index is 624. The molecule has 1 nitrogen and oxygen atoms in total. The van der Waals surface area contributed by atoms with E-state index in [1.807, 2.05) is 37.3 Å². The van der Waals surface area contributed by atoms with Crippen LogP contribution in [-0.2, 0) is 0 Å². The molecule has 0 spiro atoms. The molecule has 0 aromatic heterocycles. The summed E-state index contributed by atoms with van der Waals surface area (Å²) in [6.45, 7) is 5.76. The Labute approximate surface area is 118 Å². The first-order valence-electron chi connectivity index (χ1n) is 6.48. The summed E-state index contributed by atoms with van der Waals surface area (Å²) in [7, 11) is 0. The number of hydrogen-bond donors (Lipinski definition) is 0. The van der Waals surface area contributed by atoms with Gasteiger partial charge in [0.1, 0.15) is 5.82 Å². The molecule has 2 heteroatoms. The van der Waals surface area contributed by atoms with Crippen molar-refractivity contribution >= 4 is 11.4 Å². The lowest BCUT2D eigenvalue weighted by molar-refractivity contribution is 0.103. The van der Waals surface area contributed by atoms with E-state index in [9.17, 15) is 9.18 Å². The number of rotatable bonds is 4. The Morgan fingerprint density at radius 2 is 1.60 bits per heavy atom. The molecule has 2 aromatic carbocycles. The molecule has 0 aliphatic heterocycles. The topological polar surface area (TPSA) is 17.1 Å². The van der Waals surface area contributed by atoms with Crippen LogP contribution >= 0.6 is 0 Å². The molecule has 0 saturated carbocycles. The van der Waals surface area contributed by atoms with Gasteiger partial charge in [-0.1, -0.05) is 30.3 Å². The number of ketones is 1. The van der Waals surface area contributed by atoms with Gasteiger partial charge in [0, 0.05) is 11.1 Å². The molecule has 2 rings (SSSR count). The van der Waals surface area contributed by atoms with Crippen molar-refractivity contribution in [1.29, 1.82) is 0 Å². The maximum absolute atomic E-state index is 12.9. The molecule has 0 bridgehead atoms. The quantitative estimate of drug-likeness (QED) is 0.579. The van der Waals surface area contributed by atoms with Crippen molar-refractivity contribution in [3.63, 3.8) is 0 Å².